The number of allylic oxidation sites excluding steroid dienone is 4. The molecule has 0 amide bonds. The minimum absolute atomic E-state index is 0.173. The largest absolute Gasteiger partial charge is 0.465 e. The number of esters is 1. The second-order valence-electron chi connectivity index (χ2n) is 18.3. The summed E-state index contributed by atoms with van der Waals surface area (Å²) in [5, 5.41) is 4.17. The van der Waals surface area contributed by atoms with Crippen LogP contribution in [0.3, 0.4) is 0 Å². The zero-order valence-electron chi connectivity index (χ0n) is 30.8. The van der Waals surface area contributed by atoms with Crippen molar-refractivity contribution in [3.05, 3.63) is 23.3 Å². The average Bonchev–Trinajstić information content (AvgIpc) is 3.50. The number of hydrogen-bond donors (Lipinski definition) is 1. The van der Waals surface area contributed by atoms with Crippen LogP contribution in [0.4, 0.5) is 4.39 Å². The minimum Gasteiger partial charge on any atom is -0.465 e. The third-order valence-corrected chi connectivity index (χ3v) is 17.3. The lowest BCUT2D eigenvalue weighted by molar-refractivity contribution is -0.175. The molecule has 48 heavy (non-hydrogen) atoms. The van der Waals surface area contributed by atoms with Crippen LogP contribution < -0.4 is 5.32 Å². The number of carbonyl (C=O) groups excluding carboxylic acids is 1. The first kappa shape index (κ1) is 35.4. The van der Waals surface area contributed by atoms with E-state index < -0.39 is 10.8 Å². The highest BCUT2D eigenvalue weighted by atomic mass is 32.2. The second kappa shape index (κ2) is 13.5. The van der Waals surface area contributed by atoms with Gasteiger partial charge in [0.15, 0.2) is 0 Å². The van der Waals surface area contributed by atoms with Gasteiger partial charge in [0, 0.05) is 47.5 Å². The van der Waals surface area contributed by atoms with Crippen LogP contribution in [-0.2, 0) is 20.3 Å². The van der Waals surface area contributed by atoms with Gasteiger partial charge in [0.25, 0.3) is 0 Å². The SMILES string of the molecule is CCOC(=O)C1CS(=O)CCN1CCN[C@]12CCCC1C1CCC3C(C)(CCC4C(C)(C)C(C5=CCC(CF)CC5)=CCC43C)C1CC2. The fourth-order valence-electron chi connectivity index (χ4n) is 13.9. The summed E-state index contributed by atoms with van der Waals surface area (Å²) in [6.07, 6.45) is 21.4. The van der Waals surface area contributed by atoms with Crippen molar-refractivity contribution in [3.8, 4) is 0 Å². The van der Waals surface area contributed by atoms with Crippen molar-refractivity contribution in [2.45, 2.75) is 130 Å². The van der Waals surface area contributed by atoms with Gasteiger partial charge in [0.1, 0.15) is 6.04 Å². The van der Waals surface area contributed by atoms with Crippen molar-refractivity contribution in [2.24, 2.45) is 51.8 Å². The Kier molecular flexibility index (Phi) is 9.94. The Labute approximate surface area is 293 Å². The lowest BCUT2D eigenvalue weighted by Gasteiger charge is -2.68. The zero-order valence-corrected chi connectivity index (χ0v) is 31.6. The van der Waals surface area contributed by atoms with Crippen molar-refractivity contribution in [2.75, 3.05) is 44.4 Å². The highest BCUT2D eigenvalue weighted by Gasteiger charge is 2.65. The number of hydrogen-bond acceptors (Lipinski definition) is 5. The molecule has 4 saturated carbocycles. The summed E-state index contributed by atoms with van der Waals surface area (Å²) < 4.78 is 31.1. The highest BCUT2D eigenvalue weighted by Crippen LogP contribution is 2.72. The molecule has 270 valence electrons. The molecule has 0 aromatic rings. The molecule has 0 spiro atoms. The smallest absolute Gasteiger partial charge is 0.324 e. The van der Waals surface area contributed by atoms with Crippen LogP contribution in [0.2, 0.25) is 0 Å². The highest BCUT2D eigenvalue weighted by molar-refractivity contribution is 7.85. The second-order valence-corrected chi connectivity index (χ2v) is 19.9. The molecule has 1 saturated heterocycles. The Bertz CT molecular complexity index is 1310. The molecular weight excluding hydrogens is 620 g/mol. The van der Waals surface area contributed by atoms with Gasteiger partial charge < -0.3 is 10.1 Å². The van der Waals surface area contributed by atoms with Gasteiger partial charge in [-0.3, -0.25) is 18.3 Å². The van der Waals surface area contributed by atoms with Crippen LogP contribution in [0.15, 0.2) is 23.3 Å². The Morgan fingerprint density at radius 2 is 1.83 bits per heavy atom. The molecule has 0 aromatic heterocycles. The summed E-state index contributed by atoms with van der Waals surface area (Å²) in [6, 6.07) is -0.371. The van der Waals surface area contributed by atoms with E-state index in [0.29, 0.717) is 41.4 Å². The summed E-state index contributed by atoms with van der Waals surface area (Å²) in [4.78, 5) is 15.0. The van der Waals surface area contributed by atoms with Gasteiger partial charge in [-0.25, -0.2) is 0 Å². The Morgan fingerprint density at radius 1 is 1.00 bits per heavy atom. The molecule has 0 bridgehead atoms. The fraction of sp³-hybridized carbons (Fsp3) is 0.878. The topological polar surface area (TPSA) is 58.6 Å². The average molecular weight is 685 g/mol. The van der Waals surface area contributed by atoms with Gasteiger partial charge in [-0.15, -0.1) is 0 Å². The van der Waals surface area contributed by atoms with Crippen molar-refractivity contribution in [1.82, 2.24) is 10.2 Å². The van der Waals surface area contributed by atoms with Gasteiger partial charge >= 0.3 is 5.97 Å². The summed E-state index contributed by atoms with van der Waals surface area (Å²) >= 11 is 0. The molecule has 5 nitrogen and oxygen atoms in total. The summed E-state index contributed by atoms with van der Waals surface area (Å²) in [7, 11) is -0.938. The number of nitrogens with zero attached hydrogens (tertiary/aromatic N) is 1. The molecule has 0 aromatic carbocycles. The van der Waals surface area contributed by atoms with E-state index in [2.05, 4.69) is 50.1 Å². The van der Waals surface area contributed by atoms with E-state index in [4.69, 9.17) is 4.74 Å². The van der Waals surface area contributed by atoms with Crippen molar-refractivity contribution in [1.29, 1.82) is 0 Å². The molecule has 1 aliphatic heterocycles. The Balaban J connectivity index is 1.05. The molecule has 10 unspecified atom stereocenters. The first-order valence-corrected chi connectivity index (χ1v) is 21.4. The predicted molar refractivity (Wildman–Crippen MR) is 194 cm³/mol. The zero-order chi connectivity index (χ0) is 33.9. The fourth-order valence-corrected chi connectivity index (χ4v) is 15.2. The molecule has 11 atom stereocenters. The lowest BCUT2D eigenvalue weighted by atomic mass is 9.37. The van der Waals surface area contributed by atoms with Crippen molar-refractivity contribution >= 4 is 16.8 Å². The summed E-state index contributed by atoms with van der Waals surface area (Å²) in [5.41, 5.74) is 4.31. The predicted octanol–water partition coefficient (Wildman–Crippen LogP) is 8.02. The Morgan fingerprint density at radius 3 is 2.58 bits per heavy atom. The molecule has 1 heterocycles. The molecule has 1 N–H and O–H groups in total. The van der Waals surface area contributed by atoms with Crippen LogP contribution in [0.1, 0.15) is 118 Å². The van der Waals surface area contributed by atoms with Gasteiger partial charge in [-0.2, -0.15) is 0 Å². The van der Waals surface area contributed by atoms with Crippen molar-refractivity contribution < 1.29 is 18.1 Å². The maximum Gasteiger partial charge on any atom is 0.324 e. The van der Waals surface area contributed by atoms with E-state index in [1.165, 1.54) is 69.8 Å². The summed E-state index contributed by atoms with van der Waals surface area (Å²) in [5.74, 6) is 4.97. The standard InChI is InChI=1S/C41H65FN2O3S/c1-6-47-37(45)34-27-48(46)25-24-44(34)23-22-43-41-18-7-8-33(41)30-13-14-36-39(4,32(30)16-21-41)20-17-35-38(2,3)31(15-19-40(35,36)5)29-11-9-28(26-42)10-12-29/h11,15,28,30,32-36,43H,6-10,12-14,16-27H2,1-5H3/t28?,30?,32?,33?,34?,35?,36?,39?,40?,41-,48?/m0/s1. The third-order valence-electron chi connectivity index (χ3n) is 16.0. The maximum atomic E-state index is 13.4. The van der Waals surface area contributed by atoms with Crippen LogP contribution in [0, 0.1) is 51.8 Å². The quantitative estimate of drug-likeness (QED) is 0.263. The van der Waals surface area contributed by atoms with E-state index in [9.17, 15) is 13.4 Å². The van der Waals surface area contributed by atoms with E-state index in [-0.39, 0.29) is 35.6 Å². The normalized spacial score (nSPS) is 45.5. The number of nitrogens with one attached hydrogen (secondary N) is 1. The van der Waals surface area contributed by atoms with Crippen LogP contribution >= 0.6 is 0 Å². The number of alkyl halides is 1. The van der Waals surface area contributed by atoms with Crippen molar-refractivity contribution in [3.63, 3.8) is 0 Å². The number of rotatable bonds is 8. The first-order valence-electron chi connectivity index (χ1n) is 19.9. The molecule has 7 heteroatoms. The molecule has 7 aliphatic rings. The molecule has 5 fully saturated rings. The monoisotopic (exact) mass is 684 g/mol. The molecular formula is C41H65FN2O3S. The maximum absolute atomic E-state index is 13.4. The third kappa shape index (κ3) is 5.84. The van der Waals surface area contributed by atoms with E-state index in [0.717, 1.165) is 56.0 Å². The van der Waals surface area contributed by atoms with E-state index in [1.54, 1.807) is 5.57 Å². The first-order chi connectivity index (χ1) is 23.0. The number of ether oxygens (including phenoxy) is 1. The van der Waals surface area contributed by atoms with Gasteiger partial charge in [-0.1, -0.05) is 46.3 Å². The molecule has 6 aliphatic carbocycles. The Hall–Kier alpha value is -1.05. The number of fused-ring (bicyclic) bond motifs is 7. The lowest BCUT2D eigenvalue weighted by Crippen LogP contribution is -2.64. The summed E-state index contributed by atoms with van der Waals surface area (Å²) in [6.45, 7) is 15.0. The molecule has 0 radical (unpaired) electrons. The van der Waals surface area contributed by atoms with Gasteiger partial charge in [0.05, 0.1) is 13.3 Å². The number of halogens is 1. The minimum atomic E-state index is -0.938. The van der Waals surface area contributed by atoms with Crippen LogP contribution in [-0.4, -0.2) is 71.1 Å². The van der Waals surface area contributed by atoms with Gasteiger partial charge in [-0.05, 0) is 147 Å². The van der Waals surface area contributed by atoms with Crippen LogP contribution in [0.5, 0.6) is 0 Å². The van der Waals surface area contributed by atoms with Gasteiger partial charge in [0.2, 0.25) is 0 Å². The van der Waals surface area contributed by atoms with E-state index >= 15 is 0 Å². The number of carbonyl (C=O) groups is 1. The van der Waals surface area contributed by atoms with Crippen LogP contribution in [0.25, 0.3) is 0 Å². The molecule has 7 rings (SSSR count). The van der Waals surface area contributed by atoms with E-state index in [1.807, 2.05) is 6.92 Å².